The van der Waals surface area contributed by atoms with Crippen molar-refractivity contribution in [2.75, 3.05) is 13.1 Å². The van der Waals surface area contributed by atoms with Crippen molar-refractivity contribution in [1.29, 1.82) is 0 Å². The molecule has 0 bridgehead atoms. The second-order valence-corrected chi connectivity index (χ2v) is 6.66. The minimum absolute atomic E-state index is 0.219. The third kappa shape index (κ3) is 3.39. The molecule has 1 unspecified atom stereocenters. The summed E-state index contributed by atoms with van der Waals surface area (Å²) in [5.74, 6) is -0.862. The summed E-state index contributed by atoms with van der Waals surface area (Å²) in [5, 5.41) is 2.80. The van der Waals surface area contributed by atoms with E-state index in [-0.39, 0.29) is 17.6 Å². The van der Waals surface area contributed by atoms with Gasteiger partial charge in [0, 0.05) is 18.7 Å². The number of carbonyl (C=O) groups excluding carboxylic acids is 2. The van der Waals surface area contributed by atoms with Gasteiger partial charge < -0.3 is 10.2 Å². The zero-order valence-corrected chi connectivity index (χ0v) is 15.1. The lowest BCUT2D eigenvalue weighted by Crippen LogP contribution is -2.52. The van der Waals surface area contributed by atoms with Crippen LogP contribution in [0.5, 0.6) is 0 Å². The van der Waals surface area contributed by atoms with Crippen molar-refractivity contribution in [3.8, 4) is 11.1 Å². The molecule has 3 aromatic rings. The van der Waals surface area contributed by atoms with Crippen molar-refractivity contribution < 1.29 is 14.0 Å². The van der Waals surface area contributed by atoms with Crippen LogP contribution in [0, 0.1) is 5.82 Å². The molecule has 1 saturated heterocycles. The fourth-order valence-corrected chi connectivity index (χ4v) is 3.56. The van der Waals surface area contributed by atoms with E-state index in [1.54, 1.807) is 23.1 Å². The standard InChI is InChI=1S/C23H19FN2O2/c24-18-12-10-17(11-13-18)21-22(27)25-14-15-26(21)23(28)20-9-5-4-8-19(20)16-6-2-1-3-7-16/h1-13,21H,14-15H2,(H,25,27). The van der Waals surface area contributed by atoms with Crippen molar-refractivity contribution >= 4 is 11.8 Å². The molecule has 3 aromatic carbocycles. The van der Waals surface area contributed by atoms with Crippen molar-refractivity contribution in [3.63, 3.8) is 0 Å². The molecule has 5 heteroatoms. The fraction of sp³-hybridized carbons (Fsp3) is 0.130. The van der Waals surface area contributed by atoms with E-state index in [1.165, 1.54) is 12.1 Å². The molecule has 4 rings (SSSR count). The van der Waals surface area contributed by atoms with E-state index in [4.69, 9.17) is 0 Å². The van der Waals surface area contributed by atoms with Gasteiger partial charge in [-0.1, -0.05) is 60.7 Å². The summed E-state index contributed by atoms with van der Waals surface area (Å²) >= 11 is 0. The Bertz CT molecular complexity index is 1000. The smallest absolute Gasteiger partial charge is 0.255 e. The van der Waals surface area contributed by atoms with Gasteiger partial charge in [0.2, 0.25) is 5.91 Å². The normalized spacial score (nSPS) is 16.5. The average molecular weight is 374 g/mol. The van der Waals surface area contributed by atoms with Gasteiger partial charge in [-0.15, -0.1) is 0 Å². The number of nitrogens with zero attached hydrogens (tertiary/aromatic N) is 1. The molecule has 0 spiro atoms. The molecular formula is C23H19FN2O2. The van der Waals surface area contributed by atoms with E-state index < -0.39 is 6.04 Å². The highest BCUT2D eigenvalue weighted by Gasteiger charge is 2.35. The molecule has 0 radical (unpaired) electrons. The van der Waals surface area contributed by atoms with Gasteiger partial charge in [0.05, 0.1) is 0 Å². The number of halogens is 1. The molecule has 0 saturated carbocycles. The number of hydrogen-bond acceptors (Lipinski definition) is 2. The number of amides is 2. The van der Waals surface area contributed by atoms with Gasteiger partial charge in [-0.25, -0.2) is 4.39 Å². The van der Waals surface area contributed by atoms with Crippen LogP contribution < -0.4 is 5.32 Å². The van der Waals surface area contributed by atoms with Crippen LogP contribution in [0.3, 0.4) is 0 Å². The van der Waals surface area contributed by atoms with Crippen LogP contribution in [-0.4, -0.2) is 29.8 Å². The molecule has 0 aromatic heterocycles. The van der Waals surface area contributed by atoms with Gasteiger partial charge in [0.15, 0.2) is 0 Å². The topological polar surface area (TPSA) is 49.4 Å². The van der Waals surface area contributed by atoms with Gasteiger partial charge in [-0.05, 0) is 34.9 Å². The van der Waals surface area contributed by atoms with E-state index in [0.717, 1.165) is 11.1 Å². The van der Waals surface area contributed by atoms with Crippen LogP contribution in [-0.2, 0) is 4.79 Å². The summed E-state index contributed by atoms with van der Waals surface area (Å²) in [7, 11) is 0. The predicted octanol–water partition coefficient (Wildman–Crippen LogP) is 3.81. The van der Waals surface area contributed by atoms with Crippen LogP contribution >= 0.6 is 0 Å². The summed E-state index contributed by atoms with van der Waals surface area (Å²) in [6.07, 6.45) is 0. The Balaban J connectivity index is 1.74. The number of nitrogens with one attached hydrogen (secondary N) is 1. The van der Waals surface area contributed by atoms with Crippen molar-refractivity contribution in [1.82, 2.24) is 10.2 Å². The Kier molecular flexibility index (Phi) is 4.89. The monoisotopic (exact) mass is 374 g/mol. The first-order valence-corrected chi connectivity index (χ1v) is 9.14. The number of carbonyl (C=O) groups is 2. The van der Waals surface area contributed by atoms with Crippen LogP contribution in [0.15, 0.2) is 78.9 Å². The zero-order chi connectivity index (χ0) is 19.5. The minimum Gasteiger partial charge on any atom is -0.352 e. The lowest BCUT2D eigenvalue weighted by atomic mass is 9.96. The first kappa shape index (κ1) is 17.9. The van der Waals surface area contributed by atoms with Gasteiger partial charge in [-0.3, -0.25) is 9.59 Å². The van der Waals surface area contributed by atoms with E-state index in [0.29, 0.717) is 24.2 Å². The van der Waals surface area contributed by atoms with Gasteiger partial charge in [-0.2, -0.15) is 0 Å². The van der Waals surface area contributed by atoms with E-state index in [9.17, 15) is 14.0 Å². The largest absolute Gasteiger partial charge is 0.352 e. The van der Waals surface area contributed by atoms with Crippen molar-refractivity contribution in [2.24, 2.45) is 0 Å². The maximum atomic E-state index is 13.5. The third-order valence-corrected chi connectivity index (χ3v) is 4.90. The lowest BCUT2D eigenvalue weighted by molar-refractivity contribution is -0.128. The molecule has 4 nitrogen and oxygen atoms in total. The summed E-state index contributed by atoms with van der Waals surface area (Å²) < 4.78 is 13.3. The van der Waals surface area contributed by atoms with Gasteiger partial charge in [0.25, 0.3) is 5.91 Å². The average Bonchev–Trinajstić information content (AvgIpc) is 2.74. The second kappa shape index (κ2) is 7.64. The Hall–Kier alpha value is -3.47. The summed E-state index contributed by atoms with van der Waals surface area (Å²) in [6, 6.07) is 22.0. The maximum Gasteiger partial charge on any atom is 0.255 e. The second-order valence-electron chi connectivity index (χ2n) is 6.66. The Morgan fingerprint density at radius 3 is 2.36 bits per heavy atom. The molecule has 1 aliphatic heterocycles. The third-order valence-electron chi connectivity index (χ3n) is 4.90. The highest BCUT2D eigenvalue weighted by Crippen LogP contribution is 2.29. The Labute approximate surface area is 162 Å². The predicted molar refractivity (Wildman–Crippen MR) is 105 cm³/mol. The Morgan fingerprint density at radius 2 is 1.61 bits per heavy atom. The molecule has 1 heterocycles. The SMILES string of the molecule is O=C1NCCN(C(=O)c2ccccc2-c2ccccc2)C1c1ccc(F)cc1. The van der Waals surface area contributed by atoms with Gasteiger partial charge >= 0.3 is 0 Å². The molecule has 1 atom stereocenters. The molecule has 140 valence electrons. The first-order chi connectivity index (χ1) is 13.6. The molecule has 1 aliphatic rings. The molecule has 2 amide bonds. The highest BCUT2D eigenvalue weighted by atomic mass is 19.1. The van der Waals surface area contributed by atoms with Crippen LogP contribution in [0.4, 0.5) is 4.39 Å². The number of hydrogen-bond donors (Lipinski definition) is 1. The summed E-state index contributed by atoms with van der Waals surface area (Å²) in [6.45, 7) is 0.769. The first-order valence-electron chi connectivity index (χ1n) is 9.14. The molecule has 0 aliphatic carbocycles. The summed E-state index contributed by atoms with van der Waals surface area (Å²) in [4.78, 5) is 27.6. The number of rotatable bonds is 3. The highest BCUT2D eigenvalue weighted by molar-refractivity contribution is 6.03. The van der Waals surface area contributed by atoms with E-state index in [2.05, 4.69) is 5.32 Å². The van der Waals surface area contributed by atoms with E-state index in [1.807, 2.05) is 48.5 Å². The maximum absolute atomic E-state index is 13.5. The van der Waals surface area contributed by atoms with Crippen LogP contribution in [0.2, 0.25) is 0 Å². The fourth-order valence-electron chi connectivity index (χ4n) is 3.56. The summed E-state index contributed by atoms with van der Waals surface area (Å²) in [5.41, 5.74) is 2.88. The zero-order valence-electron chi connectivity index (χ0n) is 15.1. The van der Waals surface area contributed by atoms with Gasteiger partial charge in [0.1, 0.15) is 11.9 Å². The lowest BCUT2D eigenvalue weighted by Gasteiger charge is -2.35. The van der Waals surface area contributed by atoms with Crippen molar-refractivity contribution in [2.45, 2.75) is 6.04 Å². The minimum atomic E-state index is -0.786. The number of piperazine rings is 1. The molecular weight excluding hydrogens is 355 g/mol. The van der Waals surface area contributed by atoms with E-state index >= 15 is 0 Å². The molecule has 1 N–H and O–H groups in total. The van der Waals surface area contributed by atoms with Crippen LogP contribution in [0.25, 0.3) is 11.1 Å². The quantitative estimate of drug-likeness (QED) is 0.758. The molecule has 28 heavy (non-hydrogen) atoms. The number of benzene rings is 3. The van der Waals surface area contributed by atoms with Crippen molar-refractivity contribution in [3.05, 3.63) is 95.8 Å². The Morgan fingerprint density at radius 1 is 0.929 bits per heavy atom. The molecule has 1 fully saturated rings. The van der Waals surface area contributed by atoms with Crippen LogP contribution in [0.1, 0.15) is 22.0 Å².